The van der Waals surface area contributed by atoms with Gasteiger partial charge in [0.2, 0.25) is 5.91 Å². The number of ether oxygens (including phenoxy) is 1. The number of hydrogen-bond acceptors (Lipinski definition) is 4. The van der Waals surface area contributed by atoms with E-state index in [0.29, 0.717) is 6.07 Å². The molecule has 3 aromatic rings. The van der Waals surface area contributed by atoms with Crippen LogP contribution in [0.15, 0.2) is 60.7 Å². The average Bonchev–Trinajstić information content (AvgIpc) is 3.13. The molecule has 0 radical (unpaired) electrons. The first-order chi connectivity index (χ1) is 17.7. The zero-order valence-electron chi connectivity index (χ0n) is 20.1. The minimum absolute atomic E-state index is 0.000592. The summed E-state index contributed by atoms with van der Waals surface area (Å²) in [4.78, 5) is 18.5. The zero-order chi connectivity index (χ0) is 27.8. The van der Waals surface area contributed by atoms with Gasteiger partial charge >= 0.3 is 12.8 Å². The molecule has 1 N–H and O–H groups in total. The van der Waals surface area contributed by atoms with Crippen LogP contribution in [0.2, 0.25) is 0 Å². The highest BCUT2D eigenvalue weighted by atomic mass is 19.4. The average molecular weight is 541 g/mol. The number of hydrogen-bond donors (Lipinski definition) is 1. The number of nitrogens with one attached hydrogen (secondary N) is 1. The van der Waals surface area contributed by atoms with Crippen molar-refractivity contribution in [2.24, 2.45) is 0 Å². The van der Waals surface area contributed by atoms with Crippen molar-refractivity contribution in [2.75, 3.05) is 4.90 Å². The van der Waals surface area contributed by atoms with E-state index < -0.39 is 53.6 Å². The largest absolute Gasteiger partial charge is 0.435 e. The van der Waals surface area contributed by atoms with Gasteiger partial charge in [0.15, 0.2) is 0 Å². The Bertz CT molecular complexity index is 1290. The van der Waals surface area contributed by atoms with Crippen LogP contribution in [0.3, 0.4) is 0 Å². The third-order valence-electron chi connectivity index (χ3n) is 6.13. The normalized spacial score (nSPS) is 18.4. The van der Waals surface area contributed by atoms with Crippen LogP contribution in [0.4, 0.5) is 36.4 Å². The highest BCUT2D eigenvalue weighted by molar-refractivity contribution is 6.00. The van der Waals surface area contributed by atoms with Crippen LogP contribution < -0.4 is 15.0 Å². The van der Waals surface area contributed by atoms with Crippen molar-refractivity contribution in [2.45, 2.75) is 50.7 Å². The van der Waals surface area contributed by atoms with Crippen molar-refractivity contribution in [3.8, 4) is 5.75 Å². The Kier molecular flexibility index (Phi) is 7.37. The number of alkyl halides is 5. The summed E-state index contributed by atoms with van der Waals surface area (Å²) >= 11 is 0. The first-order valence-corrected chi connectivity index (χ1v) is 11.4. The summed E-state index contributed by atoms with van der Waals surface area (Å²) in [6, 6.07) is 9.52. The van der Waals surface area contributed by atoms with E-state index in [2.05, 4.69) is 15.0 Å². The standard InChI is InChI=1S/C26H22F7N3O2/c1-25(2,21-4-3-5-22(34-21)26(31,32)33)35-19-13-20(14-10-15(27)12-16(28)11-14)36(23(19)37)17-6-8-18(9-7-17)38-24(29)30/h3-12,19-20,24,35H,13H2,1-2H3/t19-,20-/m1/s1. The lowest BCUT2D eigenvalue weighted by Gasteiger charge is -2.29. The van der Waals surface area contributed by atoms with E-state index in [-0.39, 0.29) is 29.1 Å². The number of amides is 1. The third-order valence-corrected chi connectivity index (χ3v) is 6.13. The molecule has 2 heterocycles. The second-order valence-electron chi connectivity index (χ2n) is 9.26. The Morgan fingerprint density at radius 1 is 0.974 bits per heavy atom. The first kappa shape index (κ1) is 27.4. The second-order valence-corrected chi connectivity index (χ2v) is 9.26. The molecule has 1 amide bonds. The third kappa shape index (κ3) is 5.90. The molecule has 5 nitrogen and oxygen atoms in total. The molecule has 2 atom stereocenters. The van der Waals surface area contributed by atoms with Crippen molar-refractivity contribution in [3.05, 3.63) is 89.2 Å². The van der Waals surface area contributed by atoms with E-state index >= 15 is 0 Å². The molecule has 1 aliphatic rings. The molecule has 1 saturated heterocycles. The molecule has 1 fully saturated rings. The molecule has 0 aliphatic carbocycles. The fourth-order valence-corrected chi connectivity index (χ4v) is 4.47. The van der Waals surface area contributed by atoms with E-state index in [4.69, 9.17) is 0 Å². The maximum absolute atomic E-state index is 14.1. The lowest BCUT2D eigenvalue weighted by atomic mass is 9.96. The Balaban J connectivity index is 1.68. The maximum Gasteiger partial charge on any atom is 0.433 e. The number of rotatable bonds is 7. The van der Waals surface area contributed by atoms with Gasteiger partial charge in [-0.2, -0.15) is 22.0 Å². The smallest absolute Gasteiger partial charge is 0.433 e. The molecule has 4 rings (SSSR count). The molecule has 2 aromatic carbocycles. The Morgan fingerprint density at radius 2 is 1.58 bits per heavy atom. The predicted molar refractivity (Wildman–Crippen MR) is 123 cm³/mol. The van der Waals surface area contributed by atoms with Crippen LogP contribution in [0.25, 0.3) is 0 Å². The van der Waals surface area contributed by atoms with E-state index in [1.807, 2.05) is 0 Å². The second kappa shape index (κ2) is 10.2. The summed E-state index contributed by atoms with van der Waals surface area (Å²) in [5.41, 5.74) is -1.90. The highest BCUT2D eigenvalue weighted by Gasteiger charge is 2.44. The highest BCUT2D eigenvalue weighted by Crippen LogP contribution is 2.40. The SMILES string of the molecule is CC(C)(N[C@@H]1C[C@H](c2cc(F)cc(F)c2)N(c2ccc(OC(F)F)cc2)C1=O)c1cccc(C(F)(F)F)n1. The number of aromatic nitrogens is 1. The monoisotopic (exact) mass is 541 g/mol. The van der Waals surface area contributed by atoms with Crippen LogP contribution in [0, 0.1) is 11.6 Å². The van der Waals surface area contributed by atoms with Gasteiger partial charge in [0.25, 0.3) is 0 Å². The maximum atomic E-state index is 14.1. The molecule has 38 heavy (non-hydrogen) atoms. The molecule has 202 valence electrons. The lowest BCUT2D eigenvalue weighted by Crippen LogP contribution is -2.48. The minimum Gasteiger partial charge on any atom is -0.435 e. The van der Waals surface area contributed by atoms with Gasteiger partial charge in [0.05, 0.1) is 23.3 Å². The molecular formula is C26H22F7N3O2. The predicted octanol–water partition coefficient (Wildman–Crippen LogP) is 6.35. The summed E-state index contributed by atoms with van der Waals surface area (Å²) in [5, 5.41) is 3.03. The van der Waals surface area contributed by atoms with Gasteiger partial charge in [-0.1, -0.05) is 6.07 Å². The molecule has 12 heteroatoms. The van der Waals surface area contributed by atoms with Crippen molar-refractivity contribution in [3.63, 3.8) is 0 Å². The fraction of sp³-hybridized carbons (Fsp3) is 0.308. The van der Waals surface area contributed by atoms with Crippen LogP contribution in [-0.4, -0.2) is 23.5 Å². The van der Waals surface area contributed by atoms with Gasteiger partial charge in [-0.3, -0.25) is 10.1 Å². The fourth-order valence-electron chi connectivity index (χ4n) is 4.47. The van der Waals surface area contributed by atoms with E-state index in [9.17, 15) is 35.5 Å². The molecule has 0 unspecified atom stereocenters. The van der Waals surface area contributed by atoms with Crippen molar-refractivity contribution < 1.29 is 40.3 Å². The van der Waals surface area contributed by atoms with Crippen molar-refractivity contribution in [1.29, 1.82) is 0 Å². The molecule has 0 bridgehead atoms. The van der Waals surface area contributed by atoms with Crippen LogP contribution in [0.1, 0.15) is 43.3 Å². The number of benzene rings is 2. The van der Waals surface area contributed by atoms with Gasteiger partial charge in [-0.25, -0.2) is 13.8 Å². The Hall–Kier alpha value is -3.67. The number of carbonyl (C=O) groups is 1. The number of nitrogens with zero attached hydrogens (tertiary/aromatic N) is 2. The van der Waals surface area contributed by atoms with Crippen LogP contribution in [0.5, 0.6) is 5.75 Å². The van der Waals surface area contributed by atoms with Crippen LogP contribution in [-0.2, 0) is 16.5 Å². The molecule has 0 spiro atoms. The van der Waals surface area contributed by atoms with Gasteiger partial charge in [-0.15, -0.1) is 0 Å². The van der Waals surface area contributed by atoms with Gasteiger partial charge in [-0.05, 0) is 74.4 Å². The number of anilines is 1. The summed E-state index contributed by atoms with van der Waals surface area (Å²) in [6.07, 6.45) is -4.67. The first-order valence-electron chi connectivity index (χ1n) is 11.4. The van der Waals surface area contributed by atoms with Crippen molar-refractivity contribution in [1.82, 2.24) is 10.3 Å². The summed E-state index contributed by atoms with van der Waals surface area (Å²) in [6.45, 7) is 0.0508. The molecule has 1 aromatic heterocycles. The van der Waals surface area contributed by atoms with E-state index in [1.54, 1.807) is 13.8 Å². The lowest BCUT2D eigenvalue weighted by molar-refractivity contribution is -0.141. The molecule has 0 saturated carbocycles. The van der Waals surface area contributed by atoms with Gasteiger partial charge in [0, 0.05) is 11.8 Å². The number of pyridine rings is 1. The van der Waals surface area contributed by atoms with Gasteiger partial charge < -0.3 is 9.64 Å². The topological polar surface area (TPSA) is 54.5 Å². The summed E-state index contributed by atoms with van der Waals surface area (Å²) in [5.74, 6) is -2.42. The number of carbonyl (C=O) groups excluding carboxylic acids is 1. The number of halogens is 7. The van der Waals surface area contributed by atoms with E-state index in [0.717, 1.165) is 18.2 Å². The Labute approximate surface area is 213 Å². The molecule has 1 aliphatic heterocycles. The zero-order valence-corrected chi connectivity index (χ0v) is 20.1. The Morgan fingerprint density at radius 3 is 2.16 bits per heavy atom. The minimum atomic E-state index is -4.67. The summed E-state index contributed by atoms with van der Waals surface area (Å²) < 4.78 is 97.2. The van der Waals surface area contributed by atoms with Gasteiger partial charge in [0.1, 0.15) is 23.1 Å². The molecular weight excluding hydrogens is 519 g/mol. The van der Waals surface area contributed by atoms with Crippen molar-refractivity contribution >= 4 is 11.6 Å². The van der Waals surface area contributed by atoms with Crippen LogP contribution >= 0.6 is 0 Å². The van der Waals surface area contributed by atoms with E-state index in [1.165, 1.54) is 41.3 Å². The quantitative estimate of drug-likeness (QED) is 0.354. The summed E-state index contributed by atoms with van der Waals surface area (Å²) in [7, 11) is 0.